The number of ether oxygens (including phenoxy) is 1. The summed E-state index contributed by atoms with van der Waals surface area (Å²) in [5.41, 5.74) is 1.03. The molecular formula is C17H23ClN4O4S. The Morgan fingerprint density at radius 1 is 1.41 bits per heavy atom. The Morgan fingerprint density at radius 3 is 2.96 bits per heavy atom. The highest BCUT2D eigenvalue weighted by atomic mass is 35.5. The summed E-state index contributed by atoms with van der Waals surface area (Å²) in [6.45, 7) is 2.74. The third-order valence-electron chi connectivity index (χ3n) is 4.89. The van der Waals surface area contributed by atoms with Crippen molar-refractivity contribution in [2.24, 2.45) is 0 Å². The largest absolute Gasteiger partial charge is 0.387 e. The first-order valence-electron chi connectivity index (χ1n) is 8.88. The molecule has 0 aromatic carbocycles. The molecule has 2 aromatic heterocycles. The second kappa shape index (κ2) is 8.66. The zero-order chi connectivity index (χ0) is 18.0. The van der Waals surface area contributed by atoms with Gasteiger partial charge in [-0.3, -0.25) is 4.79 Å². The number of thiophene rings is 1. The number of aliphatic hydroxyl groups is 1. The van der Waals surface area contributed by atoms with Crippen LogP contribution in [-0.2, 0) is 29.8 Å². The van der Waals surface area contributed by atoms with Crippen molar-refractivity contribution >= 4 is 29.7 Å². The first-order valence-corrected chi connectivity index (χ1v) is 9.70. The van der Waals surface area contributed by atoms with E-state index in [-0.39, 0.29) is 36.4 Å². The number of nitrogens with one attached hydrogen (secondary N) is 2. The van der Waals surface area contributed by atoms with Gasteiger partial charge in [0, 0.05) is 17.8 Å². The van der Waals surface area contributed by atoms with Crippen molar-refractivity contribution in [1.29, 1.82) is 0 Å². The van der Waals surface area contributed by atoms with Crippen LogP contribution in [0.2, 0.25) is 0 Å². The van der Waals surface area contributed by atoms with Crippen LogP contribution < -0.4 is 10.6 Å². The van der Waals surface area contributed by atoms with E-state index in [0.29, 0.717) is 18.8 Å². The van der Waals surface area contributed by atoms with E-state index < -0.39 is 0 Å². The van der Waals surface area contributed by atoms with Gasteiger partial charge in [0.1, 0.15) is 12.2 Å². The molecule has 10 heteroatoms. The van der Waals surface area contributed by atoms with Gasteiger partial charge in [0.25, 0.3) is 11.8 Å². The lowest BCUT2D eigenvalue weighted by Crippen LogP contribution is -2.43. The normalized spacial score (nSPS) is 18.0. The first kappa shape index (κ1) is 20.2. The Morgan fingerprint density at radius 2 is 2.22 bits per heavy atom. The van der Waals surface area contributed by atoms with Gasteiger partial charge in [-0.15, -0.1) is 23.7 Å². The molecule has 0 aliphatic carbocycles. The molecule has 148 valence electrons. The molecule has 2 aromatic rings. The second-order valence-corrected chi connectivity index (χ2v) is 7.63. The number of rotatable bonds is 5. The average Bonchev–Trinajstić information content (AvgIpc) is 3.30. The van der Waals surface area contributed by atoms with Crippen LogP contribution >= 0.6 is 23.7 Å². The molecule has 2 aliphatic heterocycles. The van der Waals surface area contributed by atoms with Crippen molar-refractivity contribution < 1.29 is 19.2 Å². The van der Waals surface area contributed by atoms with Crippen molar-refractivity contribution in [3.63, 3.8) is 0 Å². The summed E-state index contributed by atoms with van der Waals surface area (Å²) in [6, 6.07) is 2.01. The molecule has 2 aliphatic rings. The smallest absolute Gasteiger partial charge is 0.261 e. The topological polar surface area (TPSA) is 110 Å². The van der Waals surface area contributed by atoms with E-state index in [9.17, 15) is 4.79 Å². The van der Waals surface area contributed by atoms with Crippen molar-refractivity contribution in [1.82, 2.24) is 20.8 Å². The van der Waals surface area contributed by atoms with E-state index >= 15 is 0 Å². The monoisotopic (exact) mass is 414 g/mol. The van der Waals surface area contributed by atoms with Crippen LogP contribution in [0.4, 0.5) is 0 Å². The van der Waals surface area contributed by atoms with Gasteiger partial charge >= 0.3 is 0 Å². The van der Waals surface area contributed by atoms with Crippen molar-refractivity contribution in [3.05, 3.63) is 33.1 Å². The first-order chi connectivity index (χ1) is 12.7. The lowest BCUT2D eigenvalue weighted by Gasteiger charge is -2.40. The van der Waals surface area contributed by atoms with Crippen molar-refractivity contribution in [2.45, 2.75) is 37.9 Å². The number of amides is 1. The second-order valence-electron chi connectivity index (χ2n) is 6.58. The molecule has 1 saturated heterocycles. The number of carbonyl (C=O) groups is 1. The lowest BCUT2D eigenvalue weighted by atomic mass is 9.86. The van der Waals surface area contributed by atoms with Gasteiger partial charge in [-0.2, -0.15) is 4.98 Å². The number of hydrogen-bond acceptors (Lipinski definition) is 8. The molecule has 4 rings (SSSR count). The Bertz CT molecular complexity index is 788. The summed E-state index contributed by atoms with van der Waals surface area (Å²) >= 11 is 1.56. The zero-order valence-corrected chi connectivity index (χ0v) is 16.5. The van der Waals surface area contributed by atoms with Crippen LogP contribution in [0.3, 0.4) is 0 Å². The van der Waals surface area contributed by atoms with Crippen LogP contribution in [0.5, 0.6) is 0 Å². The molecule has 0 unspecified atom stereocenters. The summed E-state index contributed by atoms with van der Waals surface area (Å²) < 4.78 is 11.0. The number of aromatic nitrogens is 2. The summed E-state index contributed by atoms with van der Waals surface area (Å²) in [5.74, 6) is 0.575. The predicted octanol–water partition coefficient (Wildman–Crippen LogP) is 1.17. The fourth-order valence-corrected chi connectivity index (χ4v) is 4.89. The van der Waals surface area contributed by atoms with E-state index in [1.165, 1.54) is 10.4 Å². The Labute approximate surface area is 167 Å². The molecule has 4 heterocycles. The highest BCUT2D eigenvalue weighted by Crippen LogP contribution is 2.44. The third-order valence-corrected chi connectivity index (χ3v) is 6.25. The average molecular weight is 415 g/mol. The van der Waals surface area contributed by atoms with E-state index in [4.69, 9.17) is 14.4 Å². The van der Waals surface area contributed by atoms with Gasteiger partial charge in [-0.25, -0.2) is 0 Å². The minimum atomic E-state index is -0.278. The molecule has 3 N–H and O–H groups in total. The van der Waals surface area contributed by atoms with Gasteiger partial charge in [-0.05, 0) is 44.0 Å². The lowest BCUT2D eigenvalue weighted by molar-refractivity contribution is -0.0771. The number of aliphatic hydroxyl groups excluding tert-OH is 1. The molecule has 1 amide bonds. The third kappa shape index (κ3) is 4.17. The number of fused-ring (bicyclic) bond motifs is 2. The highest BCUT2D eigenvalue weighted by molar-refractivity contribution is 7.14. The molecule has 1 spiro atoms. The number of hydrogen-bond donors (Lipinski definition) is 3. The molecule has 8 nitrogen and oxygen atoms in total. The summed E-state index contributed by atoms with van der Waals surface area (Å²) in [5, 5.41) is 19.0. The van der Waals surface area contributed by atoms with Gasteiger partial charge in [0.05, 0.1) is 11.5 Å². The van der Waals surface area contributed by atoms with Crippen LogP contribution in [-0.4, -0.2) is 47.4 Å². The van der Waals surface area contributed by atoms with E-state index in [1.807, 2.05) is 6.07 Å². The van der Waals surface area contributed by atoms with Gasteiger partial charge in [0.15, 0.2) is 5.82 Å². The van der Waals surface area contributed by atoms with Crippen LogP contribution in [0.15, 0.2) is 10.6 Å². The summed E-state index contributed by atoms with van der Waals surface area (Å²) in [6.07, 6.45) is 3.22. The van der Waals surface area contributed by atoms with E-state index in [0.717, 1.165) is 43.8 Å². The number of halogens is 1. The number of piperidine rings is 1. The number of carbonyl (C=O) groups excluding carboxylic acids is 1. The minimum Gasteiger partial charge on any atom is -0.387 e. The fourth-order valence-electron chi connectivity index (χ4n) is 3.57. The molecule has 0 saturated carbocycles. The highest BCUT2D eigenvalue weighted by Gasteiger charge is 2.41. The Balaban J connectivity index is 0.00000210. The summed E-state index contributed by atoms with van der Waals surface area (Å²) in [7, 11) is 0. The van der Waals surface area contributed by atoms with Crippen LogP contribution in [0.1, 0.15) is 44.7 Å². The molecule has 0 radical (unpaired) electrons. The maximum absolute atomic E-state index is 12.5. The Hall–Kier alpha value is -1.52. The van der Waals surface area contributed by atoms with Gasteiger partial charge in [-0.1, -0.05) is 5.16 Å². The van der Waals surface area contributed by atoms with Crippen molar-refractivity contribution in [3.8, 4) is 0 Å². The Kier molecular flexibility index (Phi) is 6.48. The maximum atomic E-state index is 12.5. The molecular weight excluding hydrogens is 392 g/mol. The van der Waals surface area contributed by atoms with Crippen molar-refractivity contribution in [2.75, 3.05) is 26.2 Å². The quantitative estimate of drug-likeness (QED) is 0.673. The number of nitrogens with zero attached hydrogens (tertiary/aromatic N) is 2. The minimum absolute atomic E-state index is 0. The maximum Gasteiger partial charge on any atom is 0.261 e. The van der Waals surface area contributed by atoms with Crippen LogP contribution in [0.25, 0.3) is 0 Å². The standard InChI is InChI=1S/C17H22N4O4S.ClH/c22-10-14-20-13(21-25-14)1-5-19-16(23)12-9-11-2-8-24-17(15(11)26-12)3-6-18-7-4-17;/h9,18,22H,1-8,10H2,(H,19,23);1H. The molecule has 27 heavy (non-hydrogen) atoms. The molecule has 1 fully saturated rings. The van der Waals surface area contributed by atoms with E-state index in [2.05, 4.69) is 20.8 Å². The zero-order valence-electron chi connectivity index (χ0n) is 14.8. The predicted molar refractivity (Wildman–Crippen MR) is 101 cm³/mol. The summed E-state index contributed by atoms with van der Waals surface area (Å²) in [4.78, 5) is 18.5. The van der Waals surface area contributed by atoms with E-state index in [1.54, 1.807) is 11.3 Å². The molecule has 0 atom stereocenters. The SMILES string of the molecule is Cl.O=C(NCCc1noc(CO)n1)c1cc2c(s1)C1(CCNCC1)OCC2. The molecule has 0 bridgehead atoms. The fraction of sp³-hybridized carbons (Fsp3) is 0.588. The van der Waals surface area contributed by atoms with Gasteiger partial charge in [0.2, 0.25) is 0 Å². The van der Waals surface area contributed by atoms with Crippen LogP contribution in [0, 0.1) is 0 Å². The van der Waals surface area contributed by atoms with Gasteiger partial charge < -0.3 is 25.0 Å².